The molecule has 0 fully saturated rings. The Balaban J connectivity index is 1.62. The number of hydrogen-bond donors (Lipinski definition) is 1. The van der Waals surface area contributed by atoms with Crippen LogP contribution in [0.3, 0.4) is 0 Å². The number of benzene rings is 1. The average molecular weight is 351 g/mol. The lowest BCUT2D eigenvalue weighted by molar-refractivity contribution is 0.0929. The smallest absolute Gasteiger partial charge is 0.287 e. The van der Waals surface area contributed by atoms with Gasteiger partial charge in [0.1, 0.15) is 5.01 Å². The van der Waals surface area contributed by atoms with Gasteiger partial charge in [-0.15, -0.1) is 10.2 Å². The van der Waals surface area contributed by atoms with Crippen LogP contribution in [0.2, 0.25) is 0 Å². The van der Waals surface area contributed by atoms with Crippen LogP contribution >= 0.6 is 23.1 Å². The first-order valence-electron chi connectivity index (χ1n) is 6.95. The molecule has 23 heavy (non-hydrogen) atoms. The first kappa shape index (κ1) is 15.9. The molecule has 0 unspecified atom stereocenters. The number of para-hydroxylation sites is 1. The van der Waals surface area contributed by atoms with E-state index >= 15 is 0 Å². The second-order valence-corrected chi connectivity index (χ2v) is 7.39. The molecular weight excluding hydrogens is 337 g/mol. The van der Waals surface area contributed by atoms with E-state index < -0.39 is 5.82 Å². The fourth-order valence-electron chi connectivity index (χ4n) is 2.15. The SMILES string of the molecule is Cc1nnc(SCCNC(=O)c2oc3c(F)cccc3c2C)s1. The highest BCUT2D eigenvalue weighted by atomic mass is 32.2. The van der Waals surface area contributed by atoms with E-state index in [1.807, 2.05) is 6.92 Å². The van der Waals surface area contributed by atoms with Gasteiger partial charge in [0.2, 0.25) is 0 Å². The highest BCUT2D eigenvalue weighted by Crippen LogP contribution is 2.27. The maximum Gasteiger partial charge on any atom is 0.287 e. The van der Waals surface area contributed by atoms with Crippen molar-refractivity contribution in [2.24, 2.45) is 0 Å². The Morgan fingerprint density at radius 1 is 1.39 bits per heavy atom. The summed E-state index contributed by atoms with van der Waals surface area (Å²) in [5.41, 5.74) is 0.762. The van der Waals surface area contributed by atoms with Crippen LogP contribution in [0.15, 0.2) is 27.0 Å². The van der Waals surface area contributed by atoms with E-state index in [1.165, 1.54) is 29.2 Å². The van der Waals surface area contributed by atoms with Gasteiger partial charge in [0.15, 0.2) is 21.5 Å². The van der Waals surface area contributed by atoms with Crippen LogP contribution < -0.4 is 5.32 Å². The largest absolute Gasteiger partial charge is 0.448 e. The molecule has 0 aliphatic carbocycles. The summed E-state index contributed by atoms with van der Waals surface area (Å²) in [5, 5.41) is 12.2. The minimum atomic E-state index is -0.466. The molecule has 1 N–H and O–H groups in total. The van der Waals surface area contributed by atoms with Crippen LogP contribution in [0.1, 0.15) is 21.1 Å². The maximum atomic E-state index is 13.7. The maximum absolute atomic E-state index is 13.7. The van der Waals surface area contributed by atoms with E-state index in [0.717, 1.165) is 9.35 Å². The van der Waals surface area contributed by atoms with Gasteiger partial charge in [0, 0.05) is 23.2 Å². The lowest BCUT2D eigenvalue weighted by Crippen LogP contribution is -2.25. The lowest BCUT2D eigenvalue weighted by atomic mass is 10.1. The van der Waals surface area contributed by atoms with Gasteiger partial charge in [0.25, 0.3) is 5.91 Å². The number of thioether (sulfide) groups is 1. The molecule has 0 spiro atoms. The second kappa shape index (κ2) is 6.67. The quantitative estimate of drug-likeness (QED) is 0.562. The van der Waals surface area contributed by atoms with E-state index in [1.54, 1.807) is 19.1 Å². The van der Waals surface area contributed by atoms with Gasteiger partial charge in [-0.3, -0.25) is 4.79 Å². The number of furan rings is 1. The molecule has 1 amide bonds. The summed E-state index contributed by atoms with van der Waals surface area (Å²) in [6.07, 6.45) is 0. The van der Waals surface area contributed by atoms with E-state index in [2.05, 4.69) is 15.5 Å². The van der Waals surface area contributed by atoms with Crippen LogP contribution in [-0.4, -0.2) is 28.4 Å². The summed E-state index contributed by atoms with van der Waals surface area (Å²) in [6, 6.07) is 4.65. The number of aromatic nitrogens is 2. The molecule has 0 aliphatic rings. The molecule has 2 heterocycles. The van der Waals surface area contributed by atoms with Gasteiger partial charge in [-0.1, -0.05) is 35.2 Å². The number of halogens is 1. The van der Waals surface area contributed by atoms with Crippen molar-refractivity contribution in [2.75, 3.05) is 12.3 Å². The van der Waals surface area contributed by atoms with Gasteiger partial charge in [-0.25, -0.2) is 4.39 Å². The fraction of sp³-hybridized carbons (Fsp3) is 0.267. The molecule has 0 bridgehead atoms. The summed E-state index contributed by atoms with van der Waals surface area (Å²) in [7, 11) is 0. The van der Waals surface area contributed by atoms with E-state index in [9.17, 15) is 9.18 Å². The normalized spacial score (nSPS) is 11.1. The van der Waals surface area contributed by atoms with Crippen LogP contribution in [0.5, 0.6) is 0 Å². The Morgan fingerprint density at radius 2 is 2.22 bits per heavy atom. The predicted octanol–water partition coefficient (Wildman–Crippen LogP) is 3.56. The van der Waals surface area contributed by atoms with E-state index in [4.69, 9.17) is 4.42 Å². The van der Waals surface area contributed by atoms with Crippen LogP contribution in [0, 0.1) is 19.7 Å². The number of nitrogens with zero attached hydrogens (tertiary/aromatic N) is 2. The van der Waals surface area contributed by atoms with E-state index in [0.29, 0.717) is 23.2 Å². The van der Waals surface area contributed by atoms with E-state index in [-0.39, 0.29) is 17.3 Å². The molecule has 0 saturated heterocycles. The first-order chi connectivity index (χ1) is 11.1. The third-order valence-corrected chi connectivity index (χ3v) is 5.22. The Morgan fingerprint density at radius 3 is 2.91 bits per heavy atom. The second-order valence-electron chi connectivity index (χ2n) is 4.86. The summed E-state index contributed by atoms with van der Waals surface area (Å²) in [4.78, 5) is 12.2. The monoisotopic (exact) mass is 351 g/mol. The Bertz CT molecular complexity index is 860. The van der Waals surface area contributed by atoms with Gasteiger partial charge in [0.05, 0.1) is 0 Å². The number of aryl methyl sites for hydroxylation is 2. The van der Waals surface area contributed by atoms with Crippen molar-refractivity contribution in [3.63, 3.8) is 0 Å². The molecule has 0 radical (unpaired) electrons. The summed E-state index contributed by atoms with van der Waals surface area (Å²) >= 11 is 3.05. The van der Waals surface area contributed by atoms with Crippen molar-refractivity contribution in [2.45, 2.75) is 18.2 Å². The number of fused-ring (bicyclic) bond motifs is 1. The highest BCUT2D eigenvalue weighted by molar-refractivity contribution is 8.01. The van der Waals surface area contributed by atoms with Crippen LogP contribution in [0.25, 0.3) is 11.0 Å². The summed E-state index contributed by atoms with van der Waals surface area (Å²) in [5.74, 6) is 0.0226. The number of nitrogens with one attached hydrogen (secondary N) is 1. The minimum Gasteiger partial charge on any atom is -0.448 e. The zero-order chi connectivity index (χ0) is 16.4. The highest BCUT2D eigenvalue weighted by Gasteiger charge is 2.19. The zero-order valence-electron chi connectivity index (χ0n) is 12.6. The Hall–Kier alpha value is -1.93. The van der Waals surface area contributed by atoms with Crippen LogP contribution in [-0.2, 0) is 0 Å². The molecule has 3 rings (SSSR count). The number of amides is 1. The van der Waals surface area contributed by atoms with Crippen molar-refractivity contribution < 1.29 is 13.6 Å². The Kier molecular flexibility index (Phi) is 4.63. The molecule has 3 aromatic rings. The fourth-order valence-corrected chi connectivity index (χ4v) is 3.89. The molecule has 120 valence electrons. The summed E-state index contributed by atoms with van der Waals surface area (Å²) in [6.45, 7) is 4.10. The van der Waals surface area contributed by atoms with Crippen molar-refractivity contribution >= 4 is 40.0 Å². The molecule has 5 nitrogen and oxygen atoms in total. The van der Waals surface area contributed by atoms with Crippen molar-refractivity contribution in [3.05, 3.63) is 40.3 Å². The molecule has 0 saturated carbocycles. The molecule has 8 heteroatoms. The van der Waals surface area contributed by atoms with Crippen LogP contribution in [0.4, 0.5) is 4.39 Å². The number of rotatable bonds is 5. The predicted molar refractivity (Wildman–Crippen MR) is 88.6 cm³/mol. The molecule has 2 aromatic heterocycles. The van der Waals surface area contributed by atoms with Gasteiger partial charge in [-0.2, -0.15) is 0 Å². The molecule has 1 aromatic carbocycles. The van der Waals surface area contributed by atoms with Gasteiger partial charge in [-0.05, 0) is 19.9 Å². The molecular formula is C15H14FN3O2S2. The molecule has 0 atom stereocenters. The zero-order valence-corrected chi connectivity index (χ0v) is 14.2. The minimum absolute atomic E-state index is 0.119. The lowest BCUT2D eigenvalue weighted by Gasteiger charge is -2.02. The van der Waals surface area contributed by atoms with Crippen molar-refractivity contribution in [1.29, 1.82) is 0 Å². The molecule has 0 aliphatic heterocycles. The van der Waals surface area contributed by atoms with Crippen molar-refractivity contribution in [3.8, 4) is 0 Å². The average Bonchev–Trinajstić information content (AvgIpc) is 3.09. The number of carbonyl (C=O) groups is 1. The third kappa shape index (κ3) is 3.37. The van der Waals surface area contributed by atoms with Crippen molar-refractivity contribution in [1.82, 2.24) is 15.5 Å². The Labute approximate surface area is 140 Å². The van der Waals surface area contributed by atoms with Gasteiger partial charge < -0.3 is 9.73 Å². The topological polar surface area (TPSA) is 68.0 Å². The number of carbonyl (C=O) groups excluding carboxylic acids is 1. The summed E-state index contributed by atoms with van der Waals surface area (Å²) < 4.78 is 20.0. The first-order valence-corrected chi connectivity index (χ1v) is 8.75. The van der Waals surface area contributed by atoms with Gasteiger partial charge >= 0.3 is 0 Å². The standard InChI is InChI=1S/C15H14FN3O2S2/c1-8-10-4-3-5-11(16)13(10)21-12(8)14(20)17-6-7-22-15-19-18-9(2)23-15/h3-5H,6-7H2,1-2H3,(H,17,20). The third-order valence-electron chi connectivity index (χ3n) is 3.24. The number of hydrogen-bond acceptors (Lipinski definition) is 6.